The lowest BCUT2D eigenvalue weighted by Crippen LogP contribution is -2.36. The van der Waals surface area contributed by atoms with Crippen LogP contribution in [0.3, 0.4) is 0 Å². The molecule has 4 aromatic rings. The molecule has 0 fully saturated rings. The molecule has 0 aliphatic heterocycles. The fourth-order valence-corrected chi connectivity index (χ4v) is 3.76. The topological polar surface area (TPSA) is 128 Å². The van der Waals surface area contributed by atoms with E-state index in [4.69, 9.17) is 0 Å². The maximum Gasteiger partial charge on any atom is 0.256 e. The van der Waals surface area contributed by atoms with E-state index in [2.05, 4.69) is 20.3 Å². The van der Waals surface area contributed by atoms with Crippen LogP contribution in [0.4, 0.5) is 8.78 Å². The number of fused-ring (bicyclic) bond motifs is 1. The summed E-state index contributed by atoms with van der Waals surface area (Å²) in [5.74, 6) is -4.11. The number of phenolic OH excluding ortho intramolecular Hbond substituents is 1. The smallest absolute Gasteiger partial charge is 0.256 e. The summed E-state index contributed by atoms with van der Waals surface area (Å²) in [7, 11) is 0. The van der Waals surface area contributed by atoms with Gasteiger partial charge in [-0.05, 0) is 43.2 Å². The van der Waals surface area contributed by atoms with Gasteiger partial charge in [-0.25, -0.2) is 8.78 Å². The van der Waals surface area contributed by atoms with Crippen molar-refractivity contribution >= 4 is 16.9 Å². The van der Waals surface area contributed by atoms with Crippen molar-refractivity contribution in [3.63, 3.8) is 0 Å². The van der Waals surface area contributed by atoms with Crippen LogP contribution in [0.2, 0.25) is 0 Å². The molecule has 0 unspecified atom stereocenters. The Labute approximate surface area is 192 Å². The molecule has 174 valence electrons. The highest BCUT2D eigenvalue weighted by molar-refractivity contribution is 5.89. The molecule has 3 heterocycles. The molecule has 3 aromatic heterocycles. The molecule has 0 saturated carbocycles. The van der Waals surface area contributed by atoms with Gasteiger partial charge in [-0.15, -0.1) is 0 Å². The predicted octanol–water partition coefficient (Wildman–Crippen LogP) is 3.21. The van der Waals surface area contributed by atoms with Gasteiger partial charge in [0.1, 0.15) is 22.9 Å². The van der Waals surface area contributed by atoms with Crippen LogP contribution in [0.25, 0.3) is 11.0 Å². The van der Waals surface area contributed by atoms with Crippen LogP contribution in [0.1, 0.15) is 35.7 Å². The normalized spacial score (nSPS) is 12.9. The Bertz CT molecular complexity index is 1420. The van der Waals surface area contributed by atoms with Crippen LogP contribution in [0, 0.1) is 11.6 Å². The summed E-state index contributed by atoms with van der Waals surface area (Å²) < 4.78 is 27.4. The van der Waals surface area contributed by atoms with E-state index in [-0.39, 0.29) is 28.9 Å². The van der Waals surface area contributed by atoms with E-state index in [1.54, 1.807) is 24.3 Å². The minimum Gasteiger partial charge on any atom is -0.508 e. The van der Waals surface area contributed by atoms with Crippen molar-refractivity contribution < 1.29 is 23.8 Å². The average Bonchev–Trinajstić information content (AvgIpc) is 2.79. The zero-order chi connectivity index (χ0) is 24.4. The lowest BCUT2D eigenvalue weighted by molar-refractivity contribution is -0.123. The molecule has 8 nitrogen and oxygen atoms in total. The number of phenols is 1. The molecular formula is C24H20F2N4O4. The lowest BCUT2D eigenvalue weighted by atomic mass is 9.90. The molecule has 10 heteroatoms. The van der Waals surface area contributed by atoms with Crippen LogP contribution < -0.4 is 10.9 Å². The number of nitrogens with one attached hydrogen (secondary N) is 2. The Kier molecular flexibility index (Phi) is 6.22. The number of carbonyl (C=O) groups excluding carboxylic acids is 1. The molecule has 1 aromatic carbocycles. The molecule has 2 atom stereocenters. The summed E-state index contributed by atoms with van der Waals surface area (Å²) in [5.41, 5.74) is -0.0800. The maximum atomic E-state index is 14.2. The molecule has 0 aliphatic carbocycles. The highest BCUT2D eigenvalue weighted by Gasteiger charge is 2.30. The Morgan fingerprint density at radius 3 is 2.59 bits per heavy atom. The van der Waals surface area contributed by atoms with Gasteiger partial charge in [0.05, 0.1) is 34.9 Å². The Balaban J connectivity index is 1.75. The number of hydrogen-bond acceptors (Lipinski definition) is 6. The molecule has 0 aliphatic rings. The van der Waals surface area contributed by atoms with Gasteiger partial charge in [-0.1, -0.05) is 12.1 Å². The number of halogens is 2. The third kappa shape index (κ3) is 4.56. The highest BCUT2D eigenvalue weighted by atomic mass is 19.1. The largest absolute Gasteiger partial charge is 0.508 e. The zero-order valence-electron chi connectivity index (χ0n) is 17.9. The van der Waals surface area contributed by atoms with Gasteiger partial charge >= 0.3 is 0 Å². The van der Waals surface area contributed by atoms with Gasteiger partial charge in [0.25, 0.3) is 5.56 Å². The third-order valence-electron chi connectivity index (χ3n) is 5.43. The molecule has 0 bridgehead atoms. The summed E-state index contributed by atoms with van der Waals surface area (Å²) in [6, 6.07) is 8.85. The van der Waals surface area contributed by atoms with Crippen LogP contribution in [0.5, 0.6) is 11.5 Å². The first kappa shape index (κ1) is 22.8. The summed E-state index contributed by atoms with van der Waals surface area (Å²) in [4.78, 5) is 36.7. The van der Waals surface area contributed by atoms with Crippen LogP contribution in [-0.2, 0) is 11.2 Å². The van der Waals surface area contributed by atoms with E-state index in [9.17, 15) is 28.6 Å². The Morgan fingerprint density at radius 2 is 1.88 bits per heavy atom. The fraction of sp³-hybridized carbons (Fsp3) is 0.167. The van der Waals surface area contributed by atoms with Crippen molar-refractivity contribution in [2.75, 3.05) is 0 Å². The molecule has 1 amide bonds. The second-order valence-corrected chi connectivity index (χ2v) is 7.79. The first-order valence-electron chi connectivity index (χ1n) is 10.3. The number of hydrogen-bond donors (Lipinski definition) is 4. The summed E-state index contributed by atoms with van der Waals surface area (Å²) in [5, 5.41) is 23.0. The quantitative estimate of drug-likeness (QED) is 0.346. The summed E-state index contributed by atoms with van der Waals surface area (Å²) >= 11 is 0. The van der Waals surface area contributed by atoms with E-state index < -0.39 is 40.8 Å². The second-order valence-electron chi connectivity index (χ2n) is 7.79. The average molecular weight is 466 g/mol. The number of carbonyl (C=O) groups is 1. The number of nitrogens with zero attached hydrogens (tertiary/aromatic N) is 2. The number of amides is 1. The minimum atomic E-state index is -1.20. The van der Waals surface area contributed by atoms with E-state index in [0.717, 1.165) is 6.20 Å². The number of benzene rings is 1. The van der Waals surface area contributed by atoms with Crippen LogP contribution >= 0.6 is 0 Å². The van der Waals surface area contributed by atoms with Gasteiger partial charge < -0.3 is 20.5 Å². The Morgan fingerprint density at radius 1 is 1.15 bits per heavy atom. The van der Waals surface area contributed by atoms with Crippen molar-refractivity contribution in [3.05, 3.63) is 93.7 Å². The van der Waals surface area contributed by atoms with Crippen molar-refractivity contribution in [1.29, 1.82) is 0 Å². The van der Waals surface area contributed by atoms with Gasteiger partial charge in [-0.3, -0.25) is 19.6 Å². The van der Waals surface area contributed by atoms with Crippen molar-refractivity contribution in [2.45, 2.75) is 25.3 Å². The van der Waals surface area contributed by atoms with E-state index in [1.807, 2.05) is 0 Å². The number of rotatable bonds is 6. The number of H-pyrrole nitrogens is 1. The second kappa shape index (κ2) is 9.26. The number of aromatic hydroxyl groups is 2. The first-order valence-corrected chi connectivity index (χ1v) is 10.3. The molecular weight excluding hydrogens is 446 g/mol. The first-order chi connectivity index (χ1) is 16.2. The molecule has 4 rings (SSSR count). The standard InChI is InChI=1S/C24H20F2N4O4/c1-12(20-17(26)10-14(25)11-28-20)29-23(33)16(9-13-4-6-15(31)7-5-13)19-22(32)21-18(30-24(19)34)3-2-8-27-21/h2-8,10-12,16,31H,9H2,1H3,(H,29,33)(H2,30,32,34)/t12-,16+/m1/s1. The number of pyridine rings is 3. The fourth-order valence-electron chi connectivity index (χ4n) is 3.76. The molecule has 0 saturated heterocycles. The molecule has 34 heavy (non-hydrogen) atoms. The highest BCUT2D eigenvalue weighted by Crippen LogP contribution is 2.31. The van der Waals surface area contributed by atoms with Crippen molar-refractivity contribution in [2.24, 2.45) is 0 Å². The van der Waals surface area contributed by atoms with Crippen molar-refractivity contribution in [3.8, 4) is 11.5 Å². The van der Waals surface area contributed by atoms with Gasteiger partial charge in [0.2, 0.25) is 5.91 Å². The predicted molar refractivity (Wildman–Crippen MR) is 119 cm³/mol. The molecule has 0 spiro atoms. The molecule has 0 radical (unpaired) electrons. The maximum absolute atomic E-state index is 14.2. The summed E-state index contributed by atoms with van der Waals surface area (Å²) in [6.45, 7) is 1.46. The number of aromatic amines is 1. The van der Waals surface area contributed by atoms with E-state index >= 15 is 0 Å². The Hall–Kier alpha value is -4.34. The van der Waals surface area contributed by atoms with Gasteiger partial charge in [0, 0.05) is 12.3 Å². The SMILES string of the molecule is C[C@@H](NC(=O)[C@@H](Cc1ccc(O)cc1)c1c(O)c2ncccc2[nH]c1=O)c1ncc(F)cc1F. The van der Waals surface area contributed by atoms with Crippen molar-refractivity contribution in [1.82, 2.24) is 20.3 Å². The minimum absolute atomic E-state index is 0.0202. The monoisotopic (exact) mass is 466 g/mol. The molecule has 4 N–H and O–H groups in total. The van der Waals surface area contributed by atoms with Crippen LogP contribution in [0.15, 0.2) is 59.7 Å². The lowest BCUT2D eigenvalue weighted by Gasteiger charge is -2.21. The number of aromatic nitrogens is 3. The third-order valence-corrected chi connectivity index (χ3v) is 5.43. The summed E-state index contributed by atoms with van der Waals surface area (Å²) in [6.07, 6.45) is 2.25. The van der Waals surface area contributed by atoms with E-state index in [0.29, 0.717) is 17.1 Å². The van der Waals surface area contributed by atoms with Crippen LogP contribution in [-0.4, -0.2) is 31.1 Å². The van der Waals surface area contributed by atoms with E-state index in [1.165, 1.54) is 25.3 Å². The van der Waals surface area contributed by atoms with Gasteiger partial charge in [0.15, 0.2) is 5.75 Å². The van der Waals surface area contributed by atoms with Gasteiger partial charge in [-0.2, -0.15) is 0 Å². The zero-order valence-corrected chi connectivity index (χ0v) is 17.9.